The van der Waals surface area contributed by atoms with Crippen LogP contribution < -0.4 is 0 Å². The minimum atomic E-state index is -0.608. The third-order valence-corrected chi connectivity index (χ3v) is 3.54. The Morgan fingerprint density at radius 2 is 2.40 bits per heavy atom. The van der Waals surface area contributed by atoms with Gasteiger partial charge in [-0.15, -0.1) is 0 Å². The maximum atomic E-state index is 11.5. The minimum Gasteiger partial charge on any atom is -0.460 e. The van der Waals surface area contributed by atoms with Crippen LogP contribution in [-0.2, 0) is 14.3 Å². The van der Waals surface area contributed by atoms with Crippen molar-refractivity contribution in [3.63, 3.8) is 0 Å². The lowest BCUT2D eigenvalue weighted by molar-refractivity contribution is -0.145. The lowest BCUT2D eigenvalue weighted by atomic mass is 9.76. The standard InChI is InChI=1S/C11H11ClO3/c1-11-4-2-7(3-5-13)9(12)8(11)6-15-10(11)14/h2,5H,3-4,6H2,1H3/t11-/m1/s1. The molecule has 1 heterocycles. The van der Waals surface area contributed by atoms with Crippen molar-refractivity contribution < 1.29 is 14.3 Å². The Morgan fingerprint density at radius 3 is 3.07 bits per heavy atom. The van der Waals surface area contributed by atoms with E-state index in [0.29, 0.717) is 17.9 Å². The average molecular weight is 227 g/mol. The predicted octanol–water partition coefficient (Wildman–Crippen LogP) is 1.96. The van der Waals surface area contributed by atoms with E-state index in [0.717, 1.165) is 17.4 Å². The maximum Gasteiger partial charge on any atom is 0.316 e. The van der Waals surface area contributed by atoms with Crippen molar-refractivity contribution >= 4 is 23.9 Å². The molecule has 0 aromatic carbocycles. The third kappa shape index (κ3) is 1.42. The summed E-state index contributed by atoms with van der Waals surface area (Å²) >= 11 is 6.14. The van der Waals surface area contributed by atoms with Gasteiger partial charge in [0.1, 0.15) is 12.9 Å². The topological polar surface area (TPSA) is 43.4 Å². The molecular formula is C11H11ClO3. The molecule has 0 bridgehead atoms. The number of cyclic esters (lactones) is 1. The average Bonchev–Trinajstić information content (AvgIpc) is 2.50. The quantitative estimate of drug-likeness (QED) is 0.534. The van der Waals surface area contributed by atoms with Gasteiger partial charge in [-0.05, 0) is 18.9 Å². The van der Waals surface area contributed by atoms with Gasteiger partial charge in [-0.2, -0.15) is 0 Å². The molecule has 2 aliphatic rings. The van der Waals surface area contributed by atoms with E-state index in [4.69, 9.17) is 16.3 Å². The summed E-state index contributed by atoms with van der Waals surface area (Å²) in [7, 11) is 0. The van der Waals surface area contributed by atoms with Crippen LogP contribution in [0.4, 0.5) is 0 Å². The summed E-state index contributed by atoms with van der Waals surface area (Å²) in [5.74, 6) is -0.225. The Balaban J connectivity index is 2.41. The number of hydrogen-bond acceptors (Lipinski definition) is 3. The predicted molar refractivity (Wildman–Crippen MR) is 55.3 cm³/mol. The van der Waals surface area contributed by atoms with Gasteiger partial charge < -0.3 is 9.53 Å². The van der Waals surface area contributed by atoms with Crippen LogP contribution in [0.5, 0.6) is 0 Å². The van der Waals surface area contributed by atoms with E-state index in [2.05, 4.69) is 0 Å². The first kappa shape index (κ1) is 10.4. The van der Waals surface area contributed by atoms with E-state index in [1.54, 1.807) is 0 Å². The molecule has 0 saturated carbocycles. The monoisotopic (exact) mass is 226 g/mol. The van der Waals surface area contributed by atoms with Crippen molar-refractivity contribution in [3.05, 3.63) is 22.3 Å². The molecule has 0 aromatic rings. The van der Waals surface area contributed by atoms with Gasteiger partial charge >= 0.3 is 5.97 Å². The molecule has 0 aromatic heterocycles. The van der Waals surface area contributed by atoms with E-state index in [-0.39, 0.29) is 12.6 Å². The van der Waals surface area contributed by atoms with Gasteiger partial charge in [0.15, 0.2) is 0 Å². The van der Waals surface area contributed by atoms with Gasteiger partial charge in [0.2, 0.25) is 0 Å². The highest BCUT2D eigenvalue weighted by Gasteiger charge is 2.47. The summed E-state index contributed by atoms with van der Waals surface area (Å²) in [6.07, 6.45) is 3.54. The van der Waals surface area contributed by atoms with Crippen LogP contribution in [0, 0.1) is 5.41 Å². The normalized spacial score (nSPS) is 29.7. The molecule has 2 rings (SSSR count). The first-order valence-corrected chi connectivity index (χ1v) is 5.17. The Morgan fingerprint density at radius 1 is 1.67 bits per heavy atom. The second kappa shape index (κ2) is 3.49. The number of halogens is 1. The van der Waals surface area contributed by atoms with Crippen LogP contribution in [0.3, 0.4) is 0 Å². The molecular weight excluding hydrogens is 216 g/mol. The molecule has 0 radical (unpaired) electrons. The van der Waals surface area contributed by atoms with Gasteiger partial charge in [-0.1, -0.05) is 17.7 Å². The molecule has 0 unspecified atom stereocenters. The second-order valence-corrected chi connectivity index (χ2v) is 4.38. The van der Waals surface area contributed by atoms with Crippen molar-refractivity contribution in [1.82, 2.24) is 0 Å². The summed E-state index contributed by atoms with van der Waals surface area (Å²) in [6, 6.07) is 0. The number of hydrogen-bond donors (Lipinski definition) is 0. The fourth-order valence-corrected chi connectivity index (χ4v) is 2.38. The molecule has 0 N–H and O–H groups in total. The number of rotatable bonds is 2. The largest absolute Gasteiger partial charge is 0.460 e. The van der Waals surface area contributed by atoms with Crippen molar-refractivity contribution in [3.8, 4) is 0 Å². The number of ether oxygens (including phenoxy) is 1. The van der Waals surface area contributed by atoms with E-state index in [1.165, 1.54) is 0 Å². The van der Waals surface area contributed by atoms with Crippen LogP contribution in [0.15, 0.2) is 22.3 Å². The van der Waals surface area contributed by atoms with Crippen molar-refractivity contribution in [1.29, 1.82) is 0 Å². The molecule has 1 aliphatic heterocycles. The number of esters is 1. The first-order chi connectivity index (χ1) is 7.09. The molecule has 3 nitrogen and oxygen atoms in total. The van der Waals surface area contributed by atoms with E-state index in [9.17, 15) is 9.59 Å². The summed E-state index contributed by atoms with van der Waals surface area (Å²) in [6.45, 7) is 2.08. The van der Waals surface area contributed by atoms with Crippen molar-refractivity contribution in [2.75, 3.05) is 6.61 Å². The van der Waals surface area contributed by atoms with Crippen LogP contribution >= 0.6 is 11.6 Å². The molecule has 1 fully saturated rings. The molecule has 1 saturated heterocycles. The van der Waals surface area contributed by atoms with Gasteiger partial charge in [-0.25, -0.2) is 0 Å². The maximum absolute atomic E-state index is 11.5. The zero-order chi connectivity index (χ0) is 11.1. The molecule has 80 valence electrons. The molecule has 1 atom stereocenters. The van der Waals surface area contributed by atoms with E-state index in [1.807, 2.05) is 13.0 Å². The third-order valence-electron chi connectivity index (χ3n) is 3.07. The molecule has 0 spiro atoms. The van der Waals surface area contributed by atoms with Crippen molar-refractivity contribution in [2.24, 2.45) is 5.41 Å². The number of carbonyl (C=O) groups excluding carboxylic acids is 2. The highest BCUT2D eigenvalue weighted by molar-refractivity contribution is 6.33. The van der Waals surface area contributed by atoms with Crippen LogP contribution in [-0.4, -0.2) is 18.9 Å². The number of fused-ring (bicyclic) bond motifs is 1. The van der Waals surface area contributed by atoms with Crippen molar-refractivity contribution in [2.45, 2.75) is 19.8 Å². The summed E-state index contributed by atoms with van der Waals surface area (Å²) in [4.78, 5) is 22.0. The van der Waals surface area contributed by atoms with Gasteiger partial charge in [0, 0.05) is 17.0 Å². The number of allylic oxidation sites excluding steroid dienone is 3. The highest BCUT2D eigenvalue weighted by Crippen LogP contribution is 2.46. The lowest BCUT2D eigenvalue weighted by Gasteiger charge is -2.25. The molecule has 1 aliphatic carbocycles. The first-order valence-electron chi connectivity index (χ1n) is 4.79. The highest BCUT2D eigenvalue weighted by atomic mass is 35.5. The van der Waals surface area contributed by atoms with Crippen LogP contribution in [0.1, 0.15) is 19.8 Å². The zero-order valence-corrected chi connectivity index (χ0v) is 9.13. The Labute approximate surface area is 92.7 Å². The summed E-state index contributed by atoms with van der Waals surface area (Å²) in [5.41, 5.74) is 1.01. The summed E-state index contributed by atoms with van der Waals surface area (Å²) in [5, 5.41) is 0.529. The Hall–Kier alpha value is -1.09. The van der Waals surface area contributed by atoms with Gasteiger partial charge in [0.25, 0.3) is 0 Å². The number of carbonyl (C=O) groups is 2. The second-order valence-electron chi connectivity index (χ2n) is 4.01. The zero-order valence-electron chi connectivity index (χ0n) is 8.38. The van der Waals surface area contributed by atoms with Crippen LogP contribution in [0.2, 0.25) is 0 Å². The molecule has 0 amide bonds. The van der Waals surface area contributed by atoms with E-state index < -0.39 is 5.41 Å². The van der Waals surface area contributed by atoms with Gasteiger partial charge in [-0.3, -0.25) is 4.79 Å². The van der Waals surface area contributed by atoms with E-state index >= 15 is 0 Å². The fraction of sp³-hybridized carbons (Fsp3) is 0.455. The minimum absolute atomic E-state index is 0.225. The SMILES string of the molecule is C[C@@]12CC=C(CC=O)C(Cl)=C1COC2=O. The van der Waals surface area contributed by atoms with Gasteiger partial charge in [0.05, 0.1) is 5.41 Å². The fourth-order valence-electron chi connectivity index (χ4n) is 1.97. The molecule has 4 heteroatoms. The Kier molecular flexibility index (Phi) is 2.43. The molecule has 15 heavy (non-hydrogen) atoms. The smallest absolute Gasteiger partial charge is 0.316 e. The summed E-state index contributed by atoms with van der Waals surface area (Å²) < 4.78 is 5.00. The number of aldehydes is 1. The Bertz CT molecular complexity index is 395. The van der Waals surface area contributed by atoms with Crippen LogP contribution in [0.25, 0.3) is 0 Å². The lowest BCUT2D eigenvalue weighted by Crippen LogP contribution is -2.26.